The number of ether oxygens (including phenoxy) is 1. The Labute approximate surface area is 310 Å². The maximum Gasteiger partial charge on any atom is 0.316 e. The summed E-state index contributed by atoms with van der Waals surface area (Å²) in [6.07, 6.45) is 6.62. The molecule has 13 nitrogen and oxygen atoms in total. The quantitative estimate of drug-likeness (QED) is 0.222. The minimum absolute atomic E-state index is 0.00920. The number of nitrogens with one attached hydrogen (secondary N) is 3. The minimum atomic E-state index is -1.10. The molecule has 13 heteroatoms. The summed E-state index contributed by atoms with van der Waals surface area (Å²) in [5.74, 6) is -2.40. The molecule has 6 amide bonds. The molecule has 2 saturated carbocycles. The normalized spacial score (nSPS) is 26.3. The second-order valence-electron chi connectivity index (χ2n) is 18.9. The van der Waals surface area contributed by atoms with Crippen LogP contribution in [-0.2, 0) is 28.7 Å². The zero-order chi connectivity index (χ0) is 38.9. The number of hydrogen-bond acceptors (Lipinski definition) is 7. The zero-order valence-electron chi connectivity index (χ0n) is 33.3. The number of primary amides is 1. The standard InChI is InChI=1S/C39H66N6O7/c1-22-19-44(20-23(2)52-22)34(49)30(37(3,4)5)42-36(51)43-31(38(6,7)8)35(50)45-21-26(39(9,10)25-15-12-16-25)18-28(45)33(48)41-27(29(46)32(40)47)17-24-13-11-14-24/h22-28,30-31H,11-21H2,1-10H3,(H2,40,47)(H,41,48)(H2,42,43,51)/t22-,23+,26?,27?,28-,30+,31?/m0/s1. The van der Waals surface area contributed by atoms with Crippen molar-refractivity contribution >= 4 is 35.4 Å². The van der Waals surface area contributed by atoms with Crippen LogP contribution in [0.5, 0.6) is 0 Å². The lowest BCUT2D eigenvalue weighted by Gasteiger charge is -2.44. The Morgan fingerprint density at radius 1 is 0.731 bits per heavy atom. The third kappa shape index (κ3) is 9.65. The molecule has 2 saturated heterocycles. The van der Waals surface area contributed by atoms with Crippen molar-refractivity contribution < 1.29 is 33.5 Å². The van der Waals surface area contributed by atoms with Crippen LogP contribution in [0, 0.1) is 34.0 Å². The number of morpholine rings is 1. The number of nitrogens with two attached hydrogens (primary N) is 1. The van der Waals surface area contributed by atoms with Crippen LogP contribution in [0.2, 0.25) is 0 Å². The number of ketones is 1. The molecule has 2 aliphatic carbocycles. The molecule has 5 N–H and O–H groups in total. The average molecular weight is 731 g/mol. The van der Waals surface area contributed by atoms with Gasteiger partial charge in [-0.05, 0) is 73.5 Å². The van der Waals surface area contributed by atoms with Crippen molar-refractivity contribution in [1.82, 2.24) is 25.8 Å². The zero-order valence-corrected chi connectivity index (χ0v) is 33.3. The first-order valence-electron chi connectivity index (χ1n) is 19.5. The number of urea groups is 1. The molecule has 0 aromatic rings. The van der Waals surface area contributed by atoms with Crippen molar-refractivity contribution in [2.24, 2.45) is 39.7 Å². The summed E-state index contributed by atoms with van der Waals surface area (Å²) < 4.78 is 5.82. The molecule has 0 bridgehead atoms. The first kappa shape index (κ1) is 41.5. The maximum absolute atomic E-state index is 14.7. The third-order valence-corrected chi connectivity index (χ3v) is 12.3. The number of rotatable bonds is 12. The van der Waals surface area contributed by atoms with Gasteiger partial charge < -0.3 is 36.2 Å². The largest absolute Gasteiger partial charge is 0.372 e. The summed E-state index contributed by atoms with van der Waals surface area (Å²) in [6, 6.07) is -4.56. The predicted octanol–water partition coefficient (Wildman–Crippen LogP) is 3.52. The van der Waals surface area contributed by atoms with Crippen molar-refractivity contribution in [3.63, 3.8) is 0 Å². The molecule has 4 rings (SSSR count). The van der Waals surface area contributed by atoms with Gasteiger partial charge in [-0.25, -0.2) is 4.79 Å². The highest BCUT2D eigenvalue weighted by atomic mass is 16.5. The number of carbonyl (C=O) groups excluding carboxylic acids is 6. The van der Waals surface area contributed by atoms with Gasteiger partial charge in [0.05, 0.1) is 18.2 Å². The summed E-state index contributed by atoms with van der Waals surface area (Å²) in [5.41, 5.74) is 3.83. The third-order valence-electron chi connectivity index (χ3n) is 12.3. The molecule has 0 aromatic carbocycles. The van der Waals surface area contributed by atoms with Crippen LogP contribution in [0.4, 0.5) is 4.79 Å². The van der Waals surface area contributed by atoms with E-state index in [1.54, 1.807) is 9.80 Å². The SMILES string of the molecule is C[C@@H]1CN(C(=O)[C@@H](NC(=O)NC(C(=O)N2CC(C(C)(C)C3CCC3)C[C@H]2C(=O)NC(CC2CCC2)C(=O)C(N)=O)C(C)(C)C)C(C)(C)C)C[C@H](C)O1. The lowest BCUT2D eigenvalue weighted by Crippen LogP contribution is -2.63. The van der Waals surface area contributed by atoms with Crippen LogP contribution in [0.15, 0.2) is 0 Å². The molecule has 7 atom stereocenters. The van der Waals surface area contributed by atoms with E-state index in [-0.39, 0.29) is 35.4 Å². The number of likely N-dealkylation sites (tertiary alicyclic amines) is 1. The van der Waals surface area contributed by atoms with Crippen molar-refractivity contribution in [3.8, 4) is 0 Å². The maximum atomic E-state index is 14.7. The van der Waals surface area contributed by atoms with Crippen molar-refractivity contribution in [1.29, 1.82) is 0 Å². The summed E-state index contributed by atoms with van der Waals surface area (Å²) in [5, 5.41) is 8.63. The van der Waals surface area contributed by atoms with Gasteiger partial charge in [0.2, 0.25) is 23.5 Å². The molecule has 52 heavy (non-hydrogen) atoms. The molecule has 0 aromatic heterocycles. The number of carbonyl (C=O) groups is 6. The molecule has 2 heterocycles. The lowest BCUT2D eigenvalue weighted by molar-refractivity contribution is -0.147. The van der Waals surface area contributed by atoms with Gasteiger partial charge >= 0.3 is 6.03 Å². The second kappa shape index (κ2) is 16.0. The van der Waals surface area contributed by atoms with Crippen molar-refractivity contribution in [3.05, 3.63) is 0 Å². The number of nitrogens with zero attached hydrogens (tertiary/aromatic N) is 2. The van der Waals surface area contributed by atoms with Gasteiger partial charge in [-0.15, -0.1) is 0 Å². The van der Waals surface area contributed by atoms with E-state index in [0.717, 1.165) is 38.5 Å². The molecule has 0 radical (unpaired) electrons. The van der Waals surface area contributed by atoms with E-state index >= 15 is 0 Å². The molecule has 2 aliphatic heterocycles. The minimum Gasteiger partial charge on any atom is -0.372 e. The van der Waals surface area contributed by atoms with Gasteiger partial charge in [-0.1, -0.05) is 81.1 Å². The van der Waals surface area contributed by atoms with Gasteiger partial charge in [0.15, 0.2) is 0 Å². The Hall–Kier alpha value is -3.22. The first-order chi connectivity index (χ1) is 24.0. The van der Waals surface area contributed by atoms with Crippen LogP contribution in [-0.4, -0.2) is 101 Å². The Bertz CT molecular complexity index is 1350. The molecule has 0 spiro atoms. The summed E-state index contributed by atoms with van der Waals surface area (Å²) in [6.45, 7) is 20.5. The van der Waals surface area contributed by atoms with Gasteiger partial charge in [-0.3, -0.25) is 24.0 Å². The molecule has 3 unspecified atom stereocenters. The fourth-order valence-corrected chi connectivity index (χ4v) is 8.39. The van der Waals surface area contributed by atoms with E-state index in [1.165, 1.54) is 0 Å². The van der Waals surface area contributed by atoms with Crippen molar-refractivity contribution in [2.45, 2.75) is 157 Å². The number of amides is 6. The highest BCUT2D eigenvalue weighted by Gasteiger charge is 2.51. The average Bonchev–Trinajstić information content (AvgIpc) is 3.43. The molecule has 294 valence electrons. The summed E-state index contributed by atoms with van der Waals surface area (Å²) >= 11 is 0. The molecular weight excluding hydrogens is 664 g/mol. The van der Waals surface area contributed by atoms with E-state index in [2.05, 4.69) is 29.8 Å². The van der Waals surface area contributed by atoms with E-state index in [1.807, 2.05) is 55.4 Å². The monoisotopic (exact) mass is 730 g/mol. The van der Waals surface area contributed by atoms with Crippen LogP contribution in [0.25, 0.3) is 0 Å². The van der Waals surface area contributed by atoms with Crippen LogP contribution < -0.4 is 21.7 Å². The van der Waals surface area contributed by atoms with Crippen LogP contribution in [0.1, 0.15) is 121 Å². The van der Waals surface area contributed by atoms with E-state index in [4.69, 9.17) is 10.5 Å². The van der Waals surface area contributed by atoms with E-state index in [9.17, 15) is 28.8 Å². The topological polar surface area (TPSA) is 180 Å². The molecular formula is C39H66N6O7. The summed E-state index contributed by atoms with van der Waals surface area (Å²) in [7, 11) is 0. The Morgan fingerprint density at radius 3 is 1.69 bits per heavy atom. The van der Waals surface area contributed by atoms with Gasteiger partial charge in [0, 0.05) is 19.6 Å². The first-order valence-corrected chi connectivity index (χ1v) is 19.5. The van der Waals surface area contributed by atoms with Crippen LogP contribution in [0.3, 0.4) is 0 Å². The van der Waals surface area contributed by atoms with E-state index in [0.29, 0.717) is 38.4 Å². The highest BCUT2D eigenvalue weighted by Crippen LogP contribution is 2.50. The highest BCUT2D eigenvalue weighted by molar-refractivity contribution is 6.37. The van der Waals surface area contributed by atoms with E-state index < -0.39 is 64.5 Å². The second-order valence-corrected chi connectivity index (χ2v) is 18.9. The Balaban J connectivity index is 1.58. The van der Waals surface area contributed by atoms with Crippen LogP contribution >= 0.6 is 0 Å². The smallest absolute Gasteiger partial charge is 0.316 e. The van der Waals surface area contributed by atoms with Gasteiger partial charge in [-0.2, -0.15) is 0 Å². The molecule has 4 fully saturated rings. The molecule has 4 aliphatic rings. The number of hydrogen-bond donors (Lipinski definition) is 4. The Kier molecular flexibility index (Phi) is 12.8. The van der Waals surface area contributed by atoms with Crippen molar-refractivity contribution in [2.75, 3.05) is 19.6 Å². The van der Waals surface area contributed by atoms with Gasteiger partial charge in [0.25, 0.3) is 5.91 Å². The number of Topliss-reactive ketones (excluding diaryl/α,β-unsaturated/α-hetero) is 1. The fourth-order valence-electron chi connectivity index (χ4n) is 8.39. The lowest BCUT2D eigenvalue weighted by atomic mass is 9.61. The van der Waals surface area contributed by atoms with Gasteiger partial charge in [0.1, 0.15) is 18.1 Å². The Morgan fingerprint density at radius 2 is 1.25 bits per heavy atom. The predicted molar refractivity (Wildman–Crippen MR) is 198 cm³/mol. The summed E-state index contributed by atoms with van der Waals surface area (Å²) in [4.78, 5) is 84.8. The fraction of sp³-hybridized carbons (Fsp3) is 0.846.